The first-order valence-corrected chi connectivity index (χ1v) is 7.82. The van der Waals surface area contributed by atoms with E-state index >= 15 is 0 Å². The van der Waals surface area contributed by atoms with E-state index in [4.69, 9.17) is 5.11 Å². The van der Waals surface area contributed by atoms with Crippen molar-refractivity contribution >= 4 is 29.4 Å². The van der Waals surface area contributed by atoms with Gasteiger partial charge in [0.15, 0.2) is 0 Å². The minimum Gasteiger partial charge on any atom is -0.481 e. The molecule has 0 atom stereocenters. The average Bonchev–Trinajstić information content (AvgIpc) is 2.56. The lowest BCUT2D eigenvalue weighted by Crippen LogP contribution is -2.57. The summed E-state index contributed by atoms with van der Waals surface area (Å²) in [4.78, 5) is 46.8. The first kappa shape index (κ1) is 18.4. The Kier molecular flexibility index (Phi) is 6.07. The minimum absolute atomic E-state index is 0.00506. The number of hydrogen-bond donors (Lipinski definition) is 3. The molecule has 0 aromatic heterocycles. The molecule has 1 fully saturated rings. The Labute approximate surface area is 144 Å². The van der Waals surface area contributed by atoms with Crippen LogP contribution in [-0.4, -0.2) is 60.0 Å². The number of carboxylic acids is 1. The summed E-state index contributed by atoms with van der Waals surface area (Å²) < 4.78 is 0. The molecule has 1 heterocycles. The summed E-state index contributed by atoms with van der Waals surface area (Å²) in [5.41, 5.74) is 0.672. The van der Waals surface area contributed by atoms with Crippen molar-refractivity contribution in [2.75, 3.05) is 31.2 Å². The maximum absolute atomic E-state index is 12.1. The van der Waals surface area contributed by atoms with Crippen molar-refractivity contribution in [2.45, 2.75) is 13.3 Å². The molecule has 0 radical (unpaired) electrons. The Morgan fingerprint density at radius 1 is 1.36 bits per heavy atom. The molecule has 2 rings (SSSR count). The van der Waals surface area contributed by atoms with Gasteiger partial charge in [0.1, 0.15) is 0 Å². The molecule has 9 nitrogen and oxygen atoms in total. The maximum atomic E-state index is 12.1. The molecular weight excluding hydrogens is 328 g/mol. The van der Waals surface area contributed by atoms with Gasteiger partial charge in [-0.25, -0.2) is 10.0 Å². The number of hydrogen-bond acceptors (Lipinski definition) is 5. The summed E-state index contributed by atoms with van der Waals surface area (Å²) in [6, 6.07) is 6.28. The van der Waals surface area contributed by atoms with E-state index in [0.29, 0.717) is 18.8 Å². The molecule has 25 heavy (non-hydrogen) atoms. The van der Waals surface area contributed by atoms with Gasteiger partial charge < -0.3 is 15.7 Å². The number of nitrogens with zero attached hydrogens (tertiary/aromatic N) is 2. The number of anilines is 1. The molecule has 3 N–H and O–H groups in total. The van der Waals surface area contributed by atoms with Crippen molar-refractivity contribution < 1.29 is 24.3 Å². The molecule has 1 saturated heterocycles. The molecule has 0 saturated carbocycles. The molecule has 0 unspecified atom stereocenters. The number of hydrazine groups is 1. The second-order valence-corrected chi connectivity index (χ2v) is 5.47. The highest BCUT2D eigenvalue weighted by atomic mass is 16.4. The third-order valence-corrected chi connectivity index (χ3v) is 3.58. The molecule has 134 valence electrons. The number of rotatable bonds is 6. The van der Waals surface area contributed by atoms with Gasteiger partial charge in [-0.2, -0.15) is 0 Å². The van der Waals surface area contributed by atoms with Crippen LogP contribution in [0.5, 0.6) is 0 Å². The summed E-state index contributed by atoms with van der Waals surface area (Å²) in [6.45, 7) is 2.39. The Morgan fingerprint density at radius 2 is 2.12 bits per heavy atom. The normalized spacial score (nSPS) is 14.1. The molecule has 1 aromatic rings. The number of amides is 3. The van der Waals surface area contributed by atoms with Crippen LogP contribution in [0.25, 0.3) is 0 Å². The fourth-order valence-corrected chi connectivity index (χ4v) is 2.46. The van der Waals surface area contributed by atoms with Gasteiger partial charge >= 0.3 is 5.97 Å². The van der Waals surface area contributed by atoms with E-state index in [2.05, 4.69) is 10.6 Å². The van der Waals surface area contributed by atoms with E-state index in [9.17, 15) is 19.2 Å². The molecular formula is C16H20N4O5. The van der Waals surface area contributed by atoms with Crippen LogP contribution in [0.1, 0.15) is 23.7 Å². The fourth-order valence-electron chi connectivity index (χ4n) is 2.46. The van der Waals surface area contributed by atoms with E-state index in [-0.39, 0.29) is 36.9 Å². The standard InChI is InChI=1S/C16H20N4O5/c1-11(21)20(19-8-7-17-10-14(19)22)13-4-2-3-12(9-13)16(25)18-6-5-15(23)24/h2-4,9,17H,5-8,10H2,1H3,(H,18,25)(H,23,24). The van der Waals surface area contributed by atoms with Gasteiger partial charge in [0, 0.05) is 25.6 Å². The van der Waals surface area contributed by atoms with Crippen molar-refractivity contribution in [1.29, 1.82) is 0 Å². The summed E-state index contributed by atoms with van der Waals surface area (Å²) in [5.74, 6) is -2.04. The van der Waals surface area contributed by atoms with Crippen molar-refractivity contribution in [3.05, 3.63) is 29.8 Å². The molecule has 9 heteroatoms. The van der Waals surface area contributed by atoms with E-state index in [1.54, 1.807) is 18.2 Å². The summed E-state index contributed by atoms with van der Waals surface area (Å²) in [5, 5.41) is 16.6. The second-order valence-electron chi connectivity index (χ2n) is 5.47. The van der Waals surface area contributed by atoms with Gasteiger partial charge in [0.25, 0.3) is 11.8 Å². The first-order chi connectivity index (χ1) is 11.9. The smallest absolute Gasteiger partial charge is 0.305 e. The van der Waals surface area contributed by atoms with Crippen LogP contribution in [-0.2, 0) is 14.4 Å². The monoisotopic (exact) mass is 348 g/mol. The van der Waals surface area contributed by atoms with E-state index in [1.165, 1.54) is 23.0 Å². The minimum atomic E-state index is -1.01. The van der Waals surface area contributed by atoms with E-state index < -0.39 is 11.9 Å². The SMILES string of the molecule is CC(=O)N(c1cccc(C(=O)NCCC(=O)O)c1)N1CCNCC1=O. The maximum Gasteiger partial charge on any atom is 0.305 e. The highest BCUT2D eigenvalue weighted by Crippen LogP contribution is 2.19. The largest absolute Gasteiger partial charge is 0.481 e. The van der Waals surface area contributed by atoms with Crippen LogP contribution in [0.4, 0.5) is 5.69 Å². The second kappa shape index (κ2) is 8.25. The van der Waals surface area contributed by atoms with Crippen LogP contribution < -0.4 is 15.6 Å². The number of carbonyl (C=O) groups excluding carboxylic acids is 3. The molecule has 1 aliphatic heterocycles. The van der Waals surface area contributed by atoms with Crippen LogP contribution in [0.3, 0.4) is 0 Å². The molecule has 1 aliphatic rings. The van der Waals surface area contributed by atoms with Crippen LogP contribution >= 0.6 is 0 Å². The van der Waals surface area contributed by atoms with Gasteiger partial charge in [0.05, 0.1) is 25.2 Å². The fraction of sp³-hybridized carbons (Fsp3) is 0.375. The zero-order valence-electron chi connectivity index (χ0n) is 13.8. The Morgan fingerprint density at radius 3 is 2.76 bits per heavy atom. The summed E-state index contributed by atoms with van der Waals surface area (Å²) >= 11 is 0. The number of carbonyl (C=O) groups is 4. The van der Waals surface area contributed by atoms with Crippen molar-refractivity contribution in [2.24, 2.45) is 0 Å². The highest BCUT2D eigenvalue weighted by Gasteiger charge is 2.27. The van der Waals surface area contributed by atoms with E-state index in [1.807, 2.05) is 0 Å². The van der Waals surface area contributed by atoms with Crippen molar-refractivity contribution in [3.8, 4) is 0 Å². The van der Waals surface area contributed by atoms with Crippen molar-refractivity contribution in [1.82, 2.24) is 15.6 Å². The Balaban J connectivity index is 2.19. The number of carboxylic acid groups (broad SMARTS) is 1. The van der Waals surface area contributed by atoms with Gasteiger partial charge in [-0.15, -0.1) is 0 Å². The third kappa shape index (κ3) is 4.77. The van der Waals surface area contributed by atoms with Crippen molar-refractivity contribution in [3.63, 3.8) is 0 Å². The summed E-state index contributed by atoms with van der Waals surface area (Å²) in [6.07, 6.45) is -0.180. The number of piperazine rings is 1. The third-order valence-electron chi connectivity index (χ3n) is 3.58. The Hall–Kier alpha value is -2.94. The topological polar surface area (TPSA) is 119 Å². The molecule has 3 amide bonds. The van der Waals surface area contributed by atoms with Gasteiger partial charge in [-0.3, -0.25) is 19.2 Å². The molecule has 0 aliphatic carbocycles. The summed E-state index contributed by atoms with van der Waals surface area (Å²) in [7, 11) is 0. The quantitative estimate of drug-likeness (QED) is 0.643. The predicted octanol–water partition coefficient (Wildman–Crippen LogP) is -0.409. The first-order valence-electron chi connectivity index (χ1n) is 7.82. The number of aliphatic carboxylic acids is 1. The van der Waals surface area contributed by atoms with Crippen LogP contribution in [0.15, 0.2) is 24.3 Å². The lowest BCUT2D eigenvalue weighted by atomic mass is 10.1. The molecule has 0 bridgehead atoms. The van der Waals surface area contributed by atoms with Gasteiger partial charge in [-0.05, 0) is 18.2 Å². The predicted molar refractivity (Wildman–Crippen MR) is 88.8 cm³/mol. The molecule has 0 spiro atoms. The van der Waals surface area contributed by atoms with Gasteiger partial charge in [0.2, 0.25) is 5.91 Å². The average molecular weight is 348 g/mol. The molecule has 1 aromatic carbocycles. The lowest BCUT2D eigenvalue weighted by Gasteiger charge is -2.36. The zero-order valence-corrected chi connectivity index (χ0v) is 13.8. The van der Waals surface area contributed by atoms with Gasteiger partial charge in [-0.1, -0.05) is 6.07 Å². The highest BCUT2D eigenvalue weighted by molar-refractivity contribution is 5.99. The number of nitrogens with one attached hydrogen (secondary N) is 2. The van der Waals surface area contributed by atoms with Crippen LogP contribution in [0.2, 0.25) is 0 Å². The lowest BCUT2D eigenvalue weighted by molar-refractivity contribution is -0.137. The zero-order chi connectivity index (χ0) is 18.4. The van der Waals surface area contributed by atoms with E-state index in [0.717, 1.165) is 0 Å². The van der Waals surface area contributed by atoms with Crippen LogP contribution in [0, 0.1) is 0 Å². The Bertz CT molecular complexity index is 691. The number of benzene rings is 1.